The van der Waals surface area contributed by atoms with Crippen LogP contribution >= 0.6 is 0 Å². The first kappa shape index (κ1) is 12.8. The standard InChI is InChI=1S/C20H19F/c1-19(2)16-6-4-5-7-17(16)20(3)11-10-13-12-14(21)8-9-15(13)18(19)20/h4-12,18H,1-3H3/t18-,20+/m0/s1. The van der Waals surface area contributed by atoms with Gasteiger partial charge in [-0.05, 0) is 39.8 Å². The highest BCUT2D eigenvalue weighted by Crippen LogP contribution is 2.61. The largest absolute Gasteiger partial charge is 0.207 e. The summed E-state index contributed by atoms with van der Waals surface area (Å²) < 4.78 is 13.6. The first-order valence-corrected chi connectivity index (χ1v) is 7.53. The highest BCUT2D eigenvalue weighted by molar-refractivity contribution is 5.68. The second-order valence-corrected chi connectivity index (χ2v) is 7.09. The predicted octanol–water partition coefficient (Wildman–Crippen LogP) is 5.19. The number of fused-ring (bicyclic) bond motifs is 5. The van der Waals surface area contributed by atoms with E-state index >= 15 is 0 Å². The van der Waals surface area contributed by atoms with Crippen molar-refractivity contribution in [2.75, 3.05) is 0 Å². The molecule has 0 saturated heterocycles. The number of rotatable bonds is 0. The average molecular weight is 278 g/mol. The minimum atomic E-state index is -0.157. The Morgan fingerprint density at radius 1 is 0.952 bits per heavy atom. The minimum Gasteiger partial charge on any atom is -0.207 e. The van der Waals surface area contributed by atoms with Gasteiger partial charge in [-0.3, -0.25) is 0 Å². The summed E-state index contributed by atoms with van der Waals surface area (Å²) in [5.41, 5.74) is 5.15. The fourth-order valence-corrected chi connectivity index (χ4v) is 4.69. The van der Waals surface area contributed by atoms with Crippen LogP contribution in [0.5, 0.6) is 0 Å². The lowest BCUT2D eigenvalue weighted by Crippen LogP contribution is -2.34. The molecule has 2 aromatic rings. The summed E-state index contributed by atoms with van der Waals surface area (Å²) in [6, 6.07) is 14.0. The van der Waals surface area contributed by atoms with Crippen LogP contribution in [0.1, 0.15) is 48.9 Å². The van der Waals surface area contributed by atoms with E-state index in [1.807, 2.05) is 6.07 Å². The van der Waals surface area contributed by atoms with Crippen LogP contribution in [0, 0.1) is 5.82 Å². The van der Waals surface area contributed by atoms with E-state index in [0.717, 1.165) is 5.56 Å². The van der Waals surface area contributed by atoms with Crippen LogP contribution in [0.4, 0.5) is 4.39 Å². The van der Waals surface area contributed by atoms with Gasteiger partial charge in [-0.1, -0.05) is 63.3 Å². The van der Waals surface area contributed by atoms with E-state index in [2.05, 4.69) is 57.2 Å². The summed E-state index contributed by atoms with van der Waals surface area (Å²) in [4.78, 5) is 0. The first-order chi connectivity index (χ1) is 9.94. The molecule has 2 atom stereocenters. The monoisotopic (exact) mass is 278 g/mol. The molecule has 0 unspecified atom stereocenters. The van der Waals surface area contributed by atoms with Gasteiger partial charge in [0.2, 0.25) is 0 Å². The Balaban J connectivity index is 2.04. The second-order valence-electron chi connectivity index (χ2n) is 7.09. The molecule has 0 saturated carbocycles. The summed E-state index contributed by atoms with van der Waals surface area (Å²) in [6.07, 6.45) is 4.36. The van der Waals surface area contributed by atoms with Crippen molar-refractivity contribution in [1.29, 1.82) is 0 Å². The summed E-state index contributed by atoms with van der Waals surface area (Å²) in [7, 11) is 0. The Morgan fingerprint density at radius 3 is 2.43 bits per heavy atom. The average Bonchev–Trinajstić information content (AvgIpc) is 2.65. The zero-order chi connectivity index (χ0) is 14.8. The van der Waals surface area contributed by atoms with Gasteiger partial charge in [-0.25, -0.2) is 4.39 Å². The van der Waals surface area contributed by atoms with Crippen LogP contribution in [0.15, 0.2) is 48.5 Å². The molecule has 0 fully saturated rings. The highest BCUT2D eigenvalue weighted by atomic mass is 19.1. The Morgan fingerprint density at radius 2 is 1.67 bits per heavy atom. The van der Waals surface area contributed by atoms with Crippen molar-refractivity contribution in [2.24, 2.45) is 0 Å². The van der Waals surface area contributed by atoms with Gasteiger partial charge in [-0.2, -0.15) is 0 Å². The molecule has 0 aliphatic heterocycles. The number of hydrogen-bond acceptors (Lipinski definition) is 0. The minimum absolute atomic E-state index is 0.00901. The lowest BCUT2D eigenvalue weighted by Gasteiger charge is -2.40. The van der Waals surface area contributed by atoms with Gasteiger partial charge in [0.25, 0.3) is 0 Å². The predicted molar refractivity (Wildman–Crippen MR) is 85.0 cm³/mol. The number of allylic oxidation sites excluding steroid dienone is 1. The lowest BCUT2D eigenvalue weighted by atomic mass is 9.62. The summed E-state index contributed by atoms with van der Waals surface area (Å²) in [5, 5.41) is 0. The summed E-state index contributed by atoms with van der Waals surface area (Å²) >= 11 is 0. The Kier molecular flexibility index (Phi) is 2.35. The Bertz CT molecular complexity index is 769. The SMILES string of the molecule is CC1(C)c2ccccc2[C@@]2(C)C=Cc3cc(F)ccc3[C@@H]12. The van der Waals surface area contributed by atoms with Gasteiger partial charge in [0.1, 0.15) is 5.82 Å². The molecule has 0 aromatic heterocycles. The van der Waals surface area contributed by atoms with Gasteiger partial charge in [-0.15, -0.1) is 0 Å². The maximum absolute atomic E-state index is 13.6. The lowest BCUT2D eigenvalue weighted by molar-refractivity contribution is 0.354. The highest BCUT2D eigenvalue weighted by Gasteiger charge is 2.54. The van der Waals surface area contributed by atoms with Crippen LogP contribution < -0.4 is 0 Å². The van der Waals surface area contributed by atoms with Crippen LogP contribution in [0.2, 0.25) is 0 Å². The molecule has 106 valence electrons. The van der Waals surface area contributed by atoms with Gasteiger partial charge in [0, 0.05) is 11.3 Å². The second kappa shape index (κ2) is 3.85. The fraction of sp³-hybridized carbons (Fsp3) is 0.300. The molecule has 0 amide bonds. The molecule has 0 bridgehead atoms. The zero-order valence-corrected chi connectivity index (χ0v) is 12.7. The molecular formula is C20H19F. The van der Waals surface area contributed by atoms with E-state index in [9.17, 15) is 4.39 Å². The Hall–Kier alpha value is -1.89. The molecule has 0 spiro atoms. The third-order valence-electron chi connectivity index (χ3n) is 5.49. The molecule has 21 heavy (non-hydrogen) atoms. The molecule has 0 N–H and O–H groups in total. The molecule has 0 radical (unpaired) electrons. The summed E-state index contributed by atoms with van der Waals surface area (Å²) in [5.74, 6) is 0.193. The zero-order valence-electron chi connectivity index (χ0n) is 12.7. The van der Waals surface area contributed by atoms with Crippen molar-refractivity contribution < 1.29 is 4.39 Å². The normalized spacial score (nSPS) is 27.9. The van der Waals surface area contributed by atoms with Crippen molar-refractivity contribution >= 4 is 6.08 Å². The molecule has 2 aliphatic rings. The van der Waals surface area contributed by atoms with E-state index in [0.29, 0.717) is 5.92 Å². The van der Waals surface area contributed by atoms with E-state index in [-0.39, 0.29) is 16.6 Å². The smallest absolute Gasteiger partial charge is 0.123 e. The van der Waals surface area contributed by atoms with Crippen molar-refractivity contribution in [2.45, 2.75) is 37.5 Å². The maximum atomic E-state index is 13.6. The first-order valence-electron chi connectivity index (χ1n) is 7.53. The molecule has 2 aromatic carbocycles. The fourth-order valence-electron chi connectivity index (χ4n) is 4.69. The maximum Gasteiger partial charge on any atom is 0.123 e. The van der Waals surface area contributed by atoms with E-state index in [4.69, 9.17) is 0 Å². The van der Waals surface area contributed by atoms with Crippen molar-refractivity contribution in [1.82, 2.24) is 0 Å². The Labute approximate surface area is 125 Å². The number of benzene rings is 2. The topological polar surface area (TPSA) is 0 Å². The molecule has 1 heteroatoms. The van der Waals surface area contributed by atoms with Crippen molar-refractivity contribution in [3.8, 4) is 0 Å². The number of hydrogen-bond donors (Lipinski definition) is 0. The molecule has 0 heterocycles. The van der Waals surface area contributed by atoms with E-state index in [1.165, 1.54) is 16.7 Å². The van der Waals surface area contributed by atoms with Gasteiger partial charge in [0.15, 0.2) is 0 Å². The van der Waals surface area contributed by atoms with E-state index < -0.39 is 0 Å². The molecule has 2 aliphatic carbocycles. The molecular weight excluding hydrogens is 259 g/mol. The van der Waals surface area contributed by atoms with Gasteiger partial charge < -0.3 is 0 Å². The quantitative estimate of drug-likeness (QED) is 0.622. The van der Waals surface area contributed by atoms with E-state index in [1.54, 1.807) is 12.1 Å². The van der Waals surface area contributed by atoms with Crippen LogP contribution in [-0.4, -0.2) is 0 Å². The van der Waals surface area contributed by atoms with Crippen molar-refractivity contribution in [3.63, 3.8) is 0 Å². The van der Waals surface area contributed by atoms with Crippen LogP contribution in [-0.2, 0) is 10.8 Å². The van der Waals surface area contributed by atoms with Gasteiger partial charge in [0.05, 0.1) is 0 Å². The van der Waals surface area contributed by atoms with Crippen molar-refractivity contribution in [3.05, 3.63) is 76.6 Å². The summed E-state index contributed by atoms with van der Waals surface area (Å²) in [6.45, 7) is 6.94. The van der Waals surface area contributed by atoms with Gasteiger partial charge >= 0.3 is 0 Å². The number of halogens is 1. The molecule has 4 rings (SSSR count). The molecule has 0 nitrogen and oxygen atoms in total. The third-order valence-corrected chi connectivity index (χ3v) is 5.49. The third kappa shape index (κ3) is 1.49. The van der Waals surface area contributed by atoms with Crippen LogP contribution in [0.25, 0.3) is 6.08 Å². The van der Waals surface area contributed by atoms with Crippen LogP contribution in [0.3, 0.4) is 0 Å².